The Kier molecular flexibility index (Phi) is 4.94. The summed E-state index contributed by atoms with van der Waals surface area (Å²) in [6.45, 7) is 4.06. The monoisotopic (exact) mass is 363 g/mol. The third-order valence-electron chi connectivity index (χ3n) is 4.19. The number of rotatable bonds is 3. The first-order valence-corrected chi connectivity index (χ1v) is 8.21. The van der Waals surface area contributed by atoms with Crippen molar-refractivity contribution in [3.05, 3.63) is 46.5 Å². The van der Waals surface area contributed by atoms with Crippen molar-refractivity contribution in [1.82, 2.24) is 9.88 Å². The van der Waals surface area contributed by atoms with Gasteiger partial charge in [0.05, 0.1) is 35.2 Å². The lowest BCUT2D eigenvalue weighted by Crippen LogP contribution is -2.49. The number of nitrogens with zero attached hydrogens (tertiary/aromatic N) is 3. The lowest BCUT2D eigenvalue weighted by Gasteiger charge is -2.35. The minimum Gasteiger partial charge on any atom is -0.472 e. The average molecular weight is 364 g/mol. The normalized spacial score (nSPS) is 14.5. The number of esters is 1. The molecule has 25 heavy (non-hydrogen) atoms. The van der Waals surface area contributed by atoms with Crippen molar-refractivity contribution in [3.8, 4) is 0 Å². The van der Waals surface area contributed by atoms with Crippen LogP contribution in [0.25, 0.3) is 0 Å². The van der Waals surface area contributed by atoms with Gasteiger partial charge in [-0.3, -0.25) is 4.79 Å². The van der Waals surface area contributed by atoms with Crippen LogP contribution in [0, 0.1) is 6.92 Å². The standard InChI is InChI=1S/C17H18ClN3O4/c1-11-13(17(23)24-2)9-14(18)15(19-11)20-4-6-21(7-5-20)16(22)12-3-8-25-10-12/h3,8-10H,4-7H2,1-2H3. The second-order valence-electron chi connectivity index (χ2n) is 5.71. The summed E-state index contributed by atoms with van der Waals surface area (Å²) in [5.74, 6) is 0.0980. The molecule has 0 spiro atoms. The molecule has 0 radical (unpaired) electrons. The average Bonchev–Trinajstić information content (AvgIpc) is 3.17. The number of aryl methyl sites for hydroxylation is 1. The van der Waals surface area contributed by atoms with Crippen LogP contribution in [-0.4, -0.2) is 55.0 Å². The number of hydrogen-bond acceptors (Lipinski definition) is 6. The topological polar surface area (TPSA) is 75.9 Å². The summed E-state index contributed by atoms with van der Waals surface area (Å²) in [6, 6.07) is 3.23. The Morgan fingerprint density at radius 3 is 2.60 bits per heavy atom. The zero-order valence-corrected chi connectivity index (χ0v) is 14.7. The molecule has 1 fully saturated rings. The predicted octanol–water partition coefficient (Wildman–Crippen LogP) is 2.39. The lowest BCUT2D eigenvalue weighted by atomic mass is 10.2. The molecular weight excluding hydrogens is 346 g/mol. The summed E-state index contributed by atoms with van der Waals surface area (Å²) in [5, 5.41) is 0.389. The molecule has 0 unspecified atom stereocenters. The van der Waals surface area contributed by atoms with Gasteiger partial charge in [-0.2, -0.15) is 0 Å². The molecule has 0 aromatic carbocycles. The fourth-order valence-corrected chi connectivity index (χ4v) is 3.07. The quantitative estimate of drug-likeness (QED) is 0.779. The van der Waals surface area contributed by atoms with Gasteiger partial charge in [0.25, 0.3) is 5.91 Å². The predicted molar refractivity (Wildman–Crippen MR) is 92.1 cm³/mol. The minimum absolute atomic E-state index is 0.0512. The Bertz CT molecular complexity index is 783. The minimum atomic E-state index is -0.464. The molecule has 2 aromatic heterocycles. The number of hydrogen-bond donors (Lipinski definition) is 0. The number of furan rings is 1. The van der Waals surface area contributed by atoms with Crippen molar-refractivity contribution >= 4 is 29.3 Å². The first kappa shape index (κ1) is 17.3. The van der Waals surface area contributed by atoms with E-state index in [1.165, 1.54) is 19.6 Å². The van der Waals surface area contributed by atoms with Gasteiger partial charge in [-0.05, 0) is 19.1 Å². The smallest absolute Gasteiger partial charge is 0.339 e. The second kappa shape index (κ2) is 7.14. The molecule has 3 rings (SSSR count). The molecular formula is C17H18ClN3O4. The van der Waals surface area contributed by atoms with Gasteiger partial charge >= 0.3 is 5.97 Å². The van der Waals surface area contributed by atoms with Crippen molar-refractivity contribution in [1.29, 1.82) is 0 Å². The van der Waals surface area contributed by atoms with Crippen LogP contribution >= 0.6 is 11.6 Å². The molecule has 1 aliphatic rings. The van der Waals surface area contributed by atoms with Crippen molar-refractivity contribution in [2.75, 3.05) is 38.2 Å². The fourth-order valence-electron chi connectivity index (χ4n) is 2.80. The zero-order valence-electron chi connectivity index (χ0n) is 14.0. The van der Waals surface area contributed by atoms with E-state index in [0.717, 1.165) is 0 Å². The van der Waals surface area contributed by atoms with E-state index >= 15 is 0 Å². The van der Waals surface area contributed by atoms with E-state index in [1.807, 2.05) is 4.90 Å². The molecule has 3 heterocycles. The lowest BCUT2D eigenvalue weighted by molar-refractivity contribution is 0.0598. The van der Waals surface area contributed by atoms with Crippen LogP contribution in [0.2, 0.25) is 5.02 Å². The molecule has 8 heteroatoms. The molecule has 1 aliphatic heterocycles. The third-order valence-corrected chi connectivity index (χ3v) is 4.47. The van der Waals surface area contributed by atoms with E-state index in [-0.39, 0.29) is 5.91 Å². The van der Waals surface area contributed by atoms with E-state index in [4.69, 9.17) is 20.8 Å². The van der Waals surface area contributed by atoms with Crippen molar-refractivity contribution in [2.45, 2.75) is 6.92 Å². The number of anilines is 1. The van der Waals surface area contributed by atoms with E-state index in [9.17, 15) is 9.59 Å². The molecule has 0 aliphatic carbocycles. The second-order valence-corrected chi connectivity index (χ2v) is 6.12. The van der Waals surface area contributed by atoms with E-state index in [1.54, 1.807) is 24.0 Å². The first-order chi connectivity index (χ1) is 12.0. The van der Waals surface area contributed by atoms with E-state index in [2.05, 4.69) is 4.98 Å². The maximum atomic E-state index is 12.3. The highest BCUT2D eigenvalue weighted by Gasteiger charge is 2.25. The Balaban J connectivity index is 1.72. The van der Waals surface area contributed by atoms with Crippen LogP contribution in [0.5, 0.6) is 0 Å². The zero-order chi connectivity index (χ0) is 18.0. The van der Waals surface area contributed by atoms with Gasteiger partial charge in [0.2, 0.25) is 0 Å². The summed E-state index contributed by atoms with van der Waals surface area (Å²) >= 11 is 6.31. The number of carbonyl (C=O) groups excluding carboxylic acids is 2. The maximum absolute atomic E-state index is 12.3. The number of aromatic nitrogens is 1. The highest BCUT2D eigenvalue weighted by Crippen LogP contribution is 2.27. The molecule has 1 saturated heterocycles. The van der Waals surface area contributed by atoms with Crippen LogP contribution in [0.3, 0.4) is 0 Å². The van der Waals surface area contributed by atoms with Gasteiger partial charge in [-0.1, -0.05) is 11.6 Å². The van der Waals surface area contributed by atoms with E-state index < -0.39 is 5.97 Å². The molecule has 7 nitrogen and oxygen atoms in total. The van der Waals surface area contributed by atoms with Crippen molar-refractivity contribution in [2.24, 2.45) is 0 Å². The van der Waals surface area contributed by atoms with Gasteiger partial charge in [0, 0.05) is 26.2 Å². The van der Waals surface area contributed by atoms with Gasteiger partial charge in [-0.15, -0.1) is 0 Å². The van der Waals surface area contributed by atoms with Crippen LogP contribution in [0.1, 0.15) is 26.4 Å². The first-order valence-electron chi connectivity index (χ1n) is 7.83. The molecule has 0 N–H and O–H groups in total. The van der Waals surface area contributed by atoms with Gasteiger partial charge in [-0.25, -0.2) is 9.78 Å². The Labute approximate surface area is 150 Å². The van der Waals surface area contributed by atoms with Crippen LogP contribution < -0.4 is 4.90 Å². The maximum Gasteiger partial charge on any atom is 0.339 e. The van der Waals surface area contributed by atoms with Crippen LogP contribution in [0.4, 0.5) is 5.82 Å². The molecule has 0 bridgehead atoms. The number of halogens is 1. The summed E-state index contributed by atoms with van der Waals surface area (Å²) < 4.78 is 9.69. The van der Waals surface area contributed by atoms with Crippen LogP contribution in [0.15, 0.2) is 29.1 Å². The molecule has 1 amide bonds. The third kappa shape index (κ3) is 3.46. The SMILES string of the molecule is COC(=O)c1cc(Cl)c(N2CCN(C(=O)c3ccoc3)CC2)nc1C. The number of piperazine rings is 1. The summed E-state index contributed by atoms with van der Waals surface area (Å²) in [6.07, 6.45) is 2.93. The number of ether oxygens (including phenoxy) is 1. The molecule has 0 atom stereocenters. The Morgan fingerprint density at radius 1 is 1.28 bits per heavy atom. The molecule has 0 saturated carbocycles. The molecule has 132 valence electrons. The Morgan fingerprint density at radius 2 is 2.00 bits per heavy atom. The Hall–Kier alpha value is -2.54. The van der Waals surface area contributed by atoms with Gasteiger partial charge in [0.15, 0.2) is 0 Å². The highest BCUT2D eigenvalue weighted by atomic mass is 35.5. The summed E-state index contributed by atoms with van der Waals surface area (Å²) in [7, 11) is 1.32. The number of pyridine rings is 1. The number of amides is 1. The van der Waals surface area contributed by atoms with Gasteiger partial charge < -0.3 is 19.0 Å². The van der Waals surface area contributed by atoms with Crippen molar-refractivity contribution < 1.29 is 18.7 Å². The molecule has 2 aromatic rings. The highest BCUT2D eigenvalue weighted by molar-refractivity contribution is 6.33. The number of carbonyl (C=O) groups is 2. The van der Waals surface area contributed by atoms with E-state index in [0.29, 0.717) is 53.8 Å². The van der Waals surface area contributed by atoms with Gasteiger partial charge in [0.1, 0.15) is 12.1 Å². The van der Waals surface area contributed by atoms with Crippen LogP contribution in [-0.2, 0) is 4.74 Å². The number of methoxy groups -OCH3 is 1. The largest absolute Gasteiger partial charge is 0.472 e. The summed E-state index contributed by atoms with van der Waals surface area (Å²) in [4.78, 5) is 32.3. The van der Waals surface area contributed by atoms with Crippen molar-refractivity contribution in [3.63, 3.8) is 0 Å². The summed E-state index contributed by atoms with van der Waals surface area (Å²) in [5.41, 5.74) is 1.45. The fraction of sp³-hybridized carbons (Fsp3) is 0.353.